The highest BCUT2D eigenvalue weighted by Crippen LogP contribution is 2.65. The Morgan fingerprint density at radius 1 is 1.11 bits per heavy atom. The standard InChI is InChI=1S/C18H37N3O4P2S/c1-7-24-27(28,25-8-2)17-11-9-10-16(26(22,19(3)4)20(5)6)18(17)21-12-14-23-15-13-21/h17H,7-15H2,1-6H3/p+1/t17-/m0/s1. The van der Waals surface area contributed by atoms with Crippen LogP contribution < -0.4 is 4.90 Å². The zero-order valence-electron chi connectivity index (χ0n) is 18.3. The number of hydrogen-bond acceptors (Lipinski definition) is 5. The molecule has 164 valence electrons. The van der Waals surface area contributed by atoms with Crippen molar-refractivity contribution in [2.75, 3.05) is 67.7 Å². The van der Waals surface area contributed by atoms with E-state index in [0.29, 0.717) is 26.4 Å². The van der Waals surface area contributed by atoms with Gasteiger partial charge in [0.25, 0.3) is 0 Å². The first-order chi connectivity index (χ1) is 13.2. The number of allylic oxidation sites excluding steroid dienone is 2. The van der Waals surface area contributed by atoms with Crippen LogP contribution in [0.2, 0.25) is 0 Å². The third-order valence-electron chi connectivity index (χ3n) is 5.45. The monoisotopic (exact) mass is 454 g/mol. The van der Waals surface area contributed by atoms with Crippen LogP contribution in [0.15, 0.2) is 11.0 Å². The van der Waals surface area contributed by atoms with E-state index in [2.05, 4.69) is 0 Å². The average molecular weight is 455 g/mol. The summed E-state index contributed by atoms with van der Waals surface area (Å²) in [4.78, 5) is 1.34. The molecule has 0 aromatic rings. The van der Waals surface area contributed by atoms with E-state index >= 15 is 0 Å². The van der Waals surface area contributed by atoms with Gasteiger partial charge in [0.2, 0.25) is 13.9 Å². The fourth-order valence-electron chi connectivity index (χ4n) is 4.30. The van der Waals surface area contributed by atoms with Crippen molar-refractivity contribution in [2.45, 2.75) is 38.8 Å². The molecule has 7 nitrogen and oxygen atoms in total. The van der Waals surface area contributed by atoms with E-state index in [9.17, 15) is 4.57 Å². The molecule has 0 radical (unpaired) electrons. The van der Waals surface area contributed by atoms with E-state index in [1.54, 1.807) is 0 Å². The van der Waals surface area contributed by atoms with Crippen molar-refractivity contribution in [2.24, 2.45) is 0 Å². The molecule has 0 spiro atoms. The van der Waals surface area contributed by atoms with E-state index < -0.39 is 13.9 Å². The summed E-state index contributed by atoms with van der Waals surface area (Å²) in [6, 6.07) is 0. The van der Waals surface area contributed by atoms with Crippen LogP contribution >= 0.6 is 13.9 Å². The molecule has 2 rings (SSSR count). The summed E-state index contributed by atoms with van der Waals surface area (Å²) in [6.45, 7) is 5.63. The van der Waals surface area contributed by atoms with Gasteiger partial charge in [0.15, 0.2) is 0 Å². The molecular formula is C18H38N3O4P2S+. The summed E-state index contributed by atoms with van der Waals surface area (Å²) in [7, 11) is 4.77. The van der Waals surface area contributed by atoms with Crippen molar-refractivity contribution in [3.8, 4) is 0 Å². The smallest absolute Gasteiger partial charge is 0.246 e. The molecule has 28 heavy (non-hydrogen) atoms. The van der Waals surface area contributed by atoms with Gasteiger partial charge >= 0.3 is 0 Å². The first-order valence-corrected chi connectivity index (χ1v) is 14.5. The maximum atomic E-state index is 14.3. The second-order valence-corrected chi connectivity index (χ2v) is 14.6. The fourth-order valence-corrected chi connectivity index (χ4v) is 10.7. The van der Waals surface area contributed by atoms with Gasteiger partial charge in [0.05, 0.1) is 31.7 Å². The van der Waals surface area contributed by atoms with E-state index in [-0.39, 0.29) is 5.66 Å². The lowest BCUT2D eigenvalue weighted by Gasteiger charge is -2.42. The fraction of sp³-hybridized carbons (Fsp3) is 0.889. The van der Waals surface area contributed by atoms with Gasteiger partial charge in [0.1, 0.15) is 24.4 Å². The summed E-state index contributed by atoms with van der Waals surface area (Å²) in [5.41, 5.74) is 1.19. The molecule has 0 bridgehead atoms. The van der Waals surface area contributed by atoms with Crippen LogP contribution in [0, 0.1) is 0 Å². The zero-order valence-corrected chi connectivity index (χ0v) is 20.9. The Labute approximate surface area is 176 Å². The molecule has 0 unspecified atom stereocenters. The molecule has 1 N–H and O–H groups in total. The van der Waals surface area contributed by atoms with Gasteiger partial charge in [-0.05, 0) is 73.1 Å². The molecule has 0 saturated carbocycles. The number of hydrogen-bond donors (Lipinski definition) is 1. The van der Waals surface area contributed by atoms with Crippen molar-refractivity contribution < 1.29 is 23.2 Å². The van der Waals surface area contributed by atoms with Gasteiger partial charge in [-0.15, -0.1) is 0 Å². The zero-order chi connectivity index (χ0) is 20.9. The second kappa shape index (κ2) is 10.6. The Balaban J connectivity index is 2.67. The second-order valence-electron chi connectivity index (χ2n) is 7.60. The minimum absolute atomic E-state index is 0.00692. The molecule has 0 amide bonds. The largest absolute Gasteiger partial charge is 0.370 e. The predicted molar refractivity (Wildman–Crippen MR) is 119 cm³/mol. The van der Waals surface area contributed by atoms with E-state index in [4.69, 9.17) is 25.6 Å². The lowest BCUT2D eigenvalue weighted by atomic mass is 10.0. The Kier molecular flexibility index (Phi) is 9.34. The summed E-state index contributed by atoms with van der Waals surface area (Å²) in [5, 5.41) is 1.05. The van der Waals surface area contributed by atoms with E-state index in [0.717, 1.165) is 37.7 Å². The third-order valence-corrected chi connectivity index (χ3v) is 12.7. The molecule has 1 aliphatic carbocycles. The summed E-state index contributed by atoms with van der Waals surface area (Å²) >= 11 is 6.04. The SMILES string of the molecule is CCOP(=S)(OCC)[C@H]1CCCC(P(=O)(N(C)C)N(C)C)=C1[NH+]1CCOCC1. The molecule has 2 aliphatic rings. The van der Waals surface area contributed by atoms with E-state index in [1.807, 2.05) is 51.4 Å². The molecular weight excluding hydrogens is 416 g/mol. The molecule has 1 heterocycles. The Morgan fingerprint density at radius 2 is 1.64 bits per heavy atom. The number of ether oxygens (including phenoxy) is 1. The Morgan fingerprint density at radius 3 is 2.11 bits per heavy atom. The van der Waals surface area contributed by atoms with Gasteiger partial charge in [0, 0.05) is 0 Å². The van der Waals surface area contributed by atoms with Crippen molar-refractivity contribution in [1.29, 1.82) is 0 Å². The number of nitrogens with zero attached hydrogens (tertiary/aromatic N) is 2. The number of morpholine rings is 1. The normalized spacial score (nSPS) is 23.1. The van der Waals surface area contributed by atoms with Crippen molar-refractivity contribution >= 4 is 25.7 Å². The highest BCUT2D eigenvalue weighted by atomic mass is 32.5. The highest BCUT2D eigenvalue weighted by Gasteiger charge is 2.48. The third kappa shape index (κ3) is 4.99. The van der Waals surface area contributed by atoms with Gasteiger partial charge in [-0.1, -0.05) is 0 Å². The maximum absolute atomic E-state index is 14.3. The van der Waals surface area contributed by atoms with Crippen LogP contribution in [0.3, 0.4) is 0 Å². The van der Waals surface area contributed by atoms with Gasteiger partial charge in [-0.2, -0.15) is 0 Å². The number of nitrogens with one attached hydrogen (secondary N) is 1. The minimum Gasteiger partial charge on any atom is -0.370 e. The molecule has 1 atom stereocenters. The quantitative estimate of drug-likeness (QED) is 0.537. The van der Waals surface area contributed by atoms with Crippen LogP contribution in [0.25, 0.3) is 0 Å². The molecule has 0 aromatic heterocycles. The molecule has 1 aliphatic heterocycles. The molecule has 1 fully saturated rings. The van der Waals surface area contributed by atoms with E-state index in [1.165, 1.54) is 10.6 Å². The van der Waals surface area contributed by atoms with Gasteiger partial charge < -0.3 is 18.7 Å². The van der Waals surface area contributed by atoms with Crippen molar-refractivity contribution in [1.82, 2.24) is 9.34 Å². The van der Waals surface area contributed by atoms with Crippen molar-refractivity contribution in [3.05, 3.63) is 11.0 Å². The lowest BCUT2D eigenvalue weighted by molar-refractivity contribution is -0.871. The van der Waals surface area contributed by atoms with Gasteiger partial charge in [-0.25, -0.2) is 9.34 Å². The molecule has 0 aromatic carbocycles. The number of quaternary nitrogens is 1. The first kappa shape index (κ1) is 24.6. The predicted octanol–water partition coefficient (Wildman–Crippen LogP) is 2.36. The van der Waals surface area contributed by atoms with Crippen LogP contribution in [0.4, 0.5) is 0 Å². The lowest BCUT2D eigenvalue weighted by Crippen LogP contribution is -3.13. The minimum atomic E-state index is -2.86. The van der Waals surface area contributed by atoms with Crippen LogP contribution in [0.1, 0.15) is 33.1 Å². The first-order valence-electron chi connectivity index (χ1n) is 10.2. The van der Waals surface area contributed by atoms with Crippen LogP contribution in [-0.2, 0) is 30.2 Å². The van der Waals surface area contributed by atoms with Gasteiger partial charge in [-0.3, -0.25) is 4.57 Å². The topological polar surface area (TPSA) is 55.7 Å². The average Bonchev–Trinajstić information content (AvgIpc) is 2.67. The van der Waals surface area contributed by atoms with Crippen molar-refractivity contribution in [3.63, 3.8) is 0 Å². The Bertz CT molecular complexity index is 629. The summed E-state index contributed by atoms with van der Waals surface area (Å²) < 4.78 is 35.9. The number of rotatable bonds is 9. The summed E-state index contributed by atoms with van der Waals surface area (Å²) in [6.07, 6.45) is 2.72. The summed E-state index contributed by atoms with van der Waals surface area (Å²) in [5.74, 6) is 0. The Hall–Kier alpha value is 0.380. The molecule has 1 saturated heterocycles. The highest BCUT2D eigenvalue weighted by molar-refractivity contribution is 8.10. The van der Waals surface area contributed by atoms with Crippen LogP contribution in [-0.4, -0.2) is 82.7 Å². The molecule has 10 heteroatoms. The van der Waals surface area contributed by atoms with Crippen LogP contribution in [0.5, 0.6) is 0 Å². The maximum Gasteiger partial charge on any atom is 0.246 e.